The number of esters is 1. The molecule has 0 heterocycles. The molecule has 0 aliphatic carbocycles. The lowest BCUT2D eigenvalue weighted by Gasteiger charge is -2.15. The molecule has 0 radical (unpaired) electrons. The van der Waals surface area contributed by atoms with Gasteiger partial charge in [-0.05, 0) is 76.7 Å². The number of carbonyl (C=O) groups is 4. The third-order valence-corrected chi connectivity index (χ3v) is 7.79. The Labute approximate surface area is 290 Å². The van der Waals surface area contributed by atoms with Gasteiger partial charge in [0.15, 0.2) is 0 Å². The number of ether oxygens (including phenoxy) is 1. The van der Waals surface area contributed by atoms with Gasteiger partial charge in [-0.15, -0.1) is 0 Å². The highest BCUT2D eigenvalue weighted by Gasteiger charge is 2.18. The van der Waals surface area contributed by atoms with Gasteiger partial charge in [-0.2, -0.15) is 0 Å². The average Bonchev–Trinajstić information content (AvgIpc) is 3.07. The van der Waals surface area contributed by atoms with Crippen molar-refractivity contribution >= 4 is 23.8 Å². The molecule has 0 aromatic heterocycles. The summed E-state index contributed by atoms with van der Waals surface area (Å²) in [4.78, 5) is 47.3. The summed E-state index contributed by atoms with van der Waals surface area (Å²) in [6, 6.07) is -1.39. The van der Waals surface area contributed by atoms with Gasteiger partial charge in [0.25, 0.3) is 0 Å². The average molecular weight is 675 g/mol. The van der Waals surface area contributed by atoms with Crippen LogP contribution in [0.2, 0.25) is 0 Å². The zero-order chi connectivity index (χ0) is 35.5. The highest BCUT2D eigenvalue weighted by Crippen LogP contribution is 2.15. The molecule has 0 rings (SSSR count). The van der Waals surface area contributed by atoms with E-state index in [1.54, 1.807) is 0 Å². The van der Waals surface area contributed by atoms with Gasteiger partial charge >= 0.3 is 11.9 Å². The van der Waals surface area contributed by atoms with Gasteiger partial charge in [0.2, 0.25) is 11.8 Å². The Morgan fingerprint density at radius 2 is 1.25 bits per heavy atom. The molecule has 4 N–H and O–H groups in total. The Morgan fingerprint density at radius 1 is 0.667 bits per heavy atom. The SMILES string of the molecule is CC/C=C\C/C=C\C/C=C\CCCCCCCC(=O)OC(/C=C\CCCCCC)CCCCCCC(=O)NCC(=O)NC(CO)C(=O)O. The minimum absolute atomic E-state index is 0.133. The summed E-state index contributed by atoms with van der Waals surface area (Å²) in [5, 5.41) is 22.4. The third kappa shape index (κ3) is 30.2. The lowest BCUT2D eigenvalue weighted by molar-refractivity contribution is -0.147. The molecular weight excluding hydrogens is 608 g/mol. The number of allylic oxidation sites excluding steroid dienone is 7. The number of carbonyl (C=O) groups excluding carboxylic acids is 3. The second-order valence-corrected chi connectivity index (χ2v) is 12.3. The van der Waals surface area contributed by atoms with E-state index in [-0.39, 0.29) is 30.9 Å². The highest BCUT2D eigenvalue weighted by molar-refractivity contribution is 5.87. The van der Waals surface area contributed by atoms with Gasteiger partial charge in [0, 0.05) is 12.8 Å². The second kappa shape index (κ2) is 33.7. The fourth-order valence-corrected chi connectivity index (χ4v) is 4.93. The highest BCUT2D eigenvalue weighted by atomic mass is 16.5. The fraction of sp³-hybridized carbons (Fsp3) is 0.692. The number of hydrogen-bond acceptors (Lipinski definition) is 6. The number of aliphatic hydroxyl groups excluding tert-OH is 1. The number of carboxylic acids is 1. The van der Waals surface area contributed by atoms with Gasteiger partial charge in [0.05, 0.1) is 13.2 Å². The van der Waals surface area contributed by atoms with Crippen LogP contribution >= 0.6 is 0 Å². The van der Waals surface area contributed by atoms with Crippen molar-refractivity contribution < 1.29 is 34.1 Å². The van der Waals surface area contributed by atoms with E-state index in [0.29, 0.717) is 12.8 Å². The normalized spacial score (nSPS) is 13.1. The number of nitrogens with one attached hydrogen (secondary N) is 2. The van der Waals surface area contributed by atoms with E-state index in [0.717, 1.165) is 83.5 Å². The summed E-state index contributed by atoms with van der Waals surface area (Å²) >= 11 is 0. The lowest BCUT2D eigenvalue weighted by Crippen LogP contribution is -2.47. The van der Waals surface area contributed by atoms with Gasteiger partial charge in [-0.25, -0.2) is 4.79 Å². The van der Waals surface area contributed by atoms with Crippen LogP contribution in [0.15, 0.2) is 48.6 Å². The lowest BCUT2D eigenvalue weighted by atomic mass is 10.1. The van der Waals surface area contributed by atoms with Crippen molar-refractivity contribution in [3.8, 4) is 0 Å². The van der Waals surface area contributed by atoms with Crippen LogP contribution in [0.1, 0.15) is 149 Å². The molecule has 0 saturated carbocycles. The number of hydrogen-bond donors (Lipinski definition) is 4. The molecule has 0 saturated heterocycles. The molecule has 0 aliphatic heterocycles. The number of carboxylic acid groups (broad SMARTS) is 1. The molecule has 0 aromatic carbocycles. The van der Waals surface area contributed by atoms with Crippen LogP contribution in [-0.4, -0.2) is 59.3 Å². The van der Waals surface area contributed by atoms with Crippen LogP contribution in [0, 0.1) is 0 Å². The number of aliphatic hydroxyl groups is 1. The molecule has 9 heteroatoms. The number of rotatable bonds is 32. The number of aliphatic carboxylic acids is 1. The molecule has 0 aromatic rings. The molecule has 2 unspecified atom stereocenters. The molecule has 9 nitrogen and oxygen atoms in total. The van der Waals surface area contributed by atoms with Crippen molar-refractivity contribution in [1.82, 2.24) is 10.6 Å². The summed E-state index contributed by atoms with van der Waals surface area (Å²) in [5.74, 6) is -2.43. The van der Waals surface area contributed by atoms with Gasteiger partial charge in [-0.3, -0.25) is 14.4 Å². The second-order valence-electron chi connectivity index (χ2n) is 12.3. The Hall–Kier alpha value is -3.20. The molecule has 0 fully saturated rings. The molecular formula is C39H66N2O7. The first-order chi connectivity index (χ1) is 23.3. The Kier molecular flexibility index (Phi) is 31.4. The number of amides is 2. The predicted molar refractivity (Wildman–Crippen MR) is 194 cm³/mol. The zero-order valence-electron chi connectivity index (χ0n) is 30.0. The van der Waals surface area contributed by atoms with Crippen LogP contribution in [0.25, 0.3) is 0 Å². The standard InChI is InChI=1S/C39H66N2O7/c1-3-5-7-9-11-12-13-14-15-16-17-18-19-21-27-31-38(45)48-34(28-24-20-10-8-6-4-2)29-25-22-23-26-30-36(43)40-32-37(44)41-35(33-42)39(46)47/h5,7,11-12,14-15,24,28,34-35,42H,3-4,6,8-10,13,16-23,25-27,29-33H2,1-2H3,(H,40,43)(H,41,44)(H,46,47)/b7-5-,12-11-,15-14-,28-24-. The van der Waals surface area contributed by atoms with Crippen LogP contribution in [0.5, 0.6) is 0 Å². The summed E-state index contributed by atoms with van der Waals surface area (Å²) in [6.07, 6.45) is 37.3. The fourth-order valence-electron chi connectivity index (χ4n) is 4.93. The Balaban J connectivity index is 4.25. The van der Waals surface area contributed by atoms with Crippen molar-refractivity contribution in [3.05, 3.63) is 48.6 Å². The molecule has 274 valence electrons. The molecule has 48 heavy (non-hydrogen) atoms. The third-order valence-electron chi connectivity index (χ3n) is 7.79. The maximum absolute atomic E-state index is 12.6. The van der Waals surface area contributed by atoms with Crippen LogP contribution in [-0.2, 0) is 23.9 Å². The van der Waals surface area contributed by atoms with E-state index in [2.05, 4.69) is 67.0 Å². The topological polar surface area (TPSA) is 142 Å². The first kappa shape index (κ1) is 44.8. The largest absolute Gasteiger partial charge is 0.480 e. The first-order valence-electron chi connectivity index (χ1n) is 18.5. The quantitative estimate of drug-likeness (QED) is 0.0321. The zero-order valence-corrected chi connectivity index (χ0v) is 30.0. The van der Waals surface area contributed by atoms with Crippen molar-refractivity contribution in [3.63, 3.8) is 0 Å². The maximum atomic E-state index is 12.6. The monoisotopic (exact) mass is 674 g/mol. The minimum atomic E-state index is -1.39. The summed E-state index contributed by atoms with van der Waals surface area (Å²) in [7, 11) is 0. The van der Waals surface area contributed by atoms with Crippen LogP contribution in [0.3, 0.4) is 0 Å². The molecule has 0 spiro atoms. The predicted octanol–water partition coefficient (Wildman–Crippen LogP) is 8.03. The number of unbranched alkanes of at least 4 members (excludes halogenated alkanes) is 12. The van der Waals surface area contributed by atoms with E-state index in [4.69, 9.17) is 14.9 Å². The van der Waals surface area contributed by atoms with E-state index < -0.39 is 24.5 Å². The summed E-state index contributed by atoms with van der Waals surface area (Å²) in [5.41, 5.74) is 0. The molecule has 2 atom stereocenters. The van der Waals surface area contributed by atoms with Crippen molar-refractivity contribution in [1.29, 1.82) is 0 Å². The van der Waals surface area contributed by atoms with E-state index in [1.807, 2.05) is 6.08 Å². The van der Waals surface area contributed by atoms with E-state index >= 15 is 0 Å². The van der Waals surface area contributed by atoms with Crippen LogP contribution in [0.4, 0.5) is 0 Å². The van der Waals surface area contributed by atoms with E-state index in [9.17, 15) is 19.2 Å². The van der Waals surface area contributed by atoms with Gasteiger partial charge < -0.3 is 25.6 Å². The summed E-state index contributed by atoms with van der Waals surface area (Å²) in [6.45, 7) is 3.28. The van der Waals surface area contributed by atoms with Crippen molar-refractivity contribution in [2.75, 3.05) is 13.2 Å². The van der Waals surface area contributed by atoms with Crippen molar-refractivity contribution in [2.45, 2.75) is 161 Å². The molecule has 0 aliphatic rings. The van der Waals surface area contributed by atoms with Gasteiger partial charge in [0.1, 0.15) is 12.1 Å². The Bertz CT molecular complexity index is 958. The molecule has 2 amide bonds. The van der Waals surface area contributed by atoms with Gasteiger partial charge in [-0.1, -0.05) is 108 Å². The van der Waals surface area contributed by atoms with Crippen molar-refractivity contribution in [2.24, 2.45) is 0 Å². The molecule has 0 bridgehead atoms. The Morgan fingerprint density at radius 3 is 1.92 bits per heavy atom. The summed E-state index contributed by atoms with van der Waals surface area (Å²) < 4.78 is 5.85. The first-order valence-corrected chi connectivity index (χ1v) is 18.5. The van der Waals surface area contributed by atoms with E-state index in [1.165, 1.54) is 32.1 Å². The smallest absolute Gasteiger partial charge is 0.328 e. The maximum Gasteiger partial charge on any atom is 0.328 e. The van der Waals surface area contributed by atoms with Crippen LogP contribution < -0.4 is 10.6 Å². The minimum Gasteiger partial charge on any atom is -0.480 e.